The lowest BCUT2D eigenvalue weighted by molar-refractivity contribution is -0.149. The summed E-state index contributed by atoms with van der Waals surface area (Å²) in [7, 11) is 0. The number of likely N-dealkylation sites (tertiary alicyclic amines) is 1. The first-order valence-electron chi connectivity index (χ1n) is 10.1. The third-order valence-corrected chi connectivity index (χ3v) is 4.61. The average molecular weight is 516 g/mol. The SMILES string of the molecule is CCNC(=NCCNC(=O)c1cccc(C)c1)N1CCCC(C(=O)OCC)C1.I. The maximum Gasteiger partial charge on any atom is 0.310 e. The smallest absolute Gasteiger partial charge is 0.310 e. The van der Waals surface area contributed by atoms with Gasteiger partial charge in [0.2, 0.25) is 0 Å². The number of esters is 1. The van der Waals surface area contributed by atoms with E-state index in [0.717, 1.165) is 37.5 Å². The Morgan fingerprint density at radius 1 is 1.28 bits per heavy atom. The molecule has 1 aliphatic rings. The van der Waals surface area contributed by atoms with Crippen LogP contribution in [0.3, 0.4) is 0 Å². The lowest BCUT2D eigenvalue weighted by Crippen LogP contribution is -2.48. The van der Waals surface area contributed by atoms with E-state index in [0.29, 0.717) is 31.8 Å². The molecule has 162 valence electrons. The van der Waals surface area contributed by atoms with Crippen molar-refractivity contribution < 1.29 is 14.3 Å². The van der Waals surface area contributed by atoms with Crippen LogP contribution in [0.25, 0.3) is 0 Å². The fourth-order valence-electron chi connectivity index (χ4n) is 3.27. The maximum absolute atomic E-state index is 12.2. The van der Waals surface area contributed by atoms with Crippen LogP contribution in [0.4, 0.5) is 0 Å². The highest BCUT2D eigenvalue weighted by Crippen LogP contribution is 2.18. The van der Waals surface area contributed by atoms with Crippen molar-refractivity contribution >= 4 is 41.8 Å². The van der Waals surface area contributed by atoms with Gasteiger partial charge in [0.15, 0.2) is 5.96 Å². The summed E-state index contributed by atoms with van der Waals surface area (Å²) in [5, 5.41) is 6.19. The zero-order valence-corrected chi connectivity index (χ0v) is 19.9. The third-order valence-electron chi connectivity index (χ3n) is 4.61. The monoisotopic (exact) mass is 516 g/mol. The van der Waals surface area contributed by atoms with Gasteiger partial charge in [0.25, 0.3) is 5.91 Å². The molecule has 0 saturated carbocycles. The highest BCUT2D eigenvalue weighted by atomic mass is 127. The molecule has 2 rings (SSSR count). The number of aliphatic imine (C=N–C) groups is 1. The predicted molar refractivity (Wildman–Crippen MR) is 126 cm³/mol. The van der Waals surface area contributed by atoms with E-state index in [4.69, 9.17) is 4.74 Å². The number of benzene rings is 1. The maximum atomic E-state index is 12.2. The standard InChI is InChI=1S/C21H32N4O3.HI/c1-4-22-21(25-13-7-10-18(15-25)20(27)28-5-2)24-12-11-23-19(26)17-9-6-8-16(3)14-17;/h6,8-9,14,18H,4-5,7,10-13,15H2,1-3H3,(H,22,24)(H,23,26);1H. The van der Waals surface area contributed by atoms with E-state index in [1.54, 1.807) is 6.07 Å². The minimum absolute atomic E-state index is 0. The Morgan fingerprint density at radius 2 is 2.07 bits per heavy atom. The molecular weight excluding hydrogens is 483 g/mol. The number of hydrogen-bond donors (Lipinski definition) is 2. The van der Waals surface area contributed by atoms with Crippen molar-refractivity contribution in [3.8, 4) is 0 Å². The first kappa shape index (κ1) is 25.2. The molecule has 0 radical (unpaired) electrons. The summed E-state index contributed by atoms with van der Waals surface area (Å²) in [6.45, 7) is 9.36. The number of hydrogen-bond acceptors (Lipinski definition) is 4. The number of carbonyl (C=O) groups excluding carboxylic acids is 2. The van der Waals surface area contributed by atoms with Gasteiger partial charge in [0.05, 0.1) is 19.1 Å². The Balaban J connectivity index is 0.00000420. The van der Waals surface area contributed by atoms with E-state index in [-0.39, 0.29) is 41.8 Å². The molecular formula is C21H33IN4O3. The topological polar surface area (TPSA) is 83.0 Å². The zero-order chi connectivity index (χ0) is 20.4. The molecule has 1 saturated heterocycles. The number of ether oxygens (including phenoxy) is 1. The number of aryl methyl sites for hydroxylation is 1. The Labute approximate surface area is 190 Å². The lowest BCUT2D eigenvalue weighted by Gasteiger charge is -2.34. The second-order valence-electron chi connectivity index (χ2n) is 6.90. The van der Waals surface area contributed by atoms with Crippen molar-refractivity contribution in [1.29, 1.82) is 0 Å². The Kier molecular flexibility index (Phi) is 11.6. The summed E-state index contributed by atoms with van der Waals surface area (Å²) in [6.07, 6.45) is 1.78. The number of carbonyl (C=O) groups is 2. The van der Waals surface area contributed by atoms with Crippen molar-refractivity contribution in [2.75, 3.05) is 39.3 Å². The molecule has 1 heterocycles. The van der Waals surface area contributed by atoms with Gasteiger partial charge in [0.1, 0.15) is 0 Å². The van der Waals surface area contributed by atoms with Crippen molar-refractivity contribution in [3.05, 3.63) is 35.4 Å². The molecule has 1 unspecified atom stereocenters. The van der Waals surface area contributed by atoms with E-state index in [1.807, 2.05) is 39.0 Å². The summed E-state index contributed by atoms with van der Waals surface area (Å²) in [5.74, 6) is 0.442. The number of piperidine rings is 1. The van der Waals surface area contributed by atoms with Gasteiger partial charge in [0, 0.05) is 31.7 Å². The summed E-state index contributed by atoms with van der Waals surface area (Å²) >= 11 is 0. The normalized spacial score (nSPS) is 16.6. The molecule has 1 aliphatic heterocycles. The second-order valence-corrected chi connectivity index (χ2v) is 6.90. The predicted octanol–water partition coefficient (Wildman–Crippen LogP) is 2.58. The number of halogens is 1. The Morgan fingerprint density at radius 3 is 2.76 bits per heavy atom. The van der Waals surface area contributed by atoms with Gasteiger partial charge in [-0.3, -0.25) is 14.6 Å². The highest BCUT2D eigenvalue weighted by molar-refractivity contribution is 14.0. The Bertz CT molecular complexity index is 696. The molecule has 2 N–H and O–H groups in total. The minimum atomic E-state index is -0.131. The van der Waals surface area contributed by atoms with Gasteiger partial charge in [-0.2, -0.15) is 0 Å². The van der Waals surface area contributed by atoms with Crippen LogP contribution in [-0.2, 0) is 9.53 Å². The molecule has 1 aromatic rings. The van der Waals surface area contributed by atoms with Crippen LogP contribution < -0.4 is 10.6 Å². The summed E-state index contributed by atoms with van der Waals surface area (Å²) in [5.41, 5.74) is 1.71. The van der Waals surface area contributed by atoms with Crippen LogP contribution in [0.1, 0.15) is 42.6 Å². The molecule has 0 aliphatic carbocycles. The van der Waals surface area contributed by atoms with Gasteiger partial charge in [-0.05, 0) is 45.7 Å². The van der Waals surface area contributed by atoms with E-state index >= 15 is 0 Å². The van der Waals surface area contributed by atoms with E-state index in [2.05, 4.69) is 20.5 Å². The molecule has 29 heavy (non-hydrogen) atoms. The molecule has 1 amide bonds. The van der Waals surface area contributed by atoms with Gasteiger partial charge in [-0.1, -0.05) is 17.7 Å². The van der Waals surface area contributed by atoms with Crippen molar-refractivity contribution in [2.45, 2.75) is 33.6 Å². The largest absolute Gasteiger partial charge is 0.466 e. The molecule has 7 nitrogen and oxygen atoms in total. The summed E-state index contributed by atoms with van der Waals surface area (Å²) in [6, 6.07) is 7.51. The van der Waals surface area contributed by atoms with Crippen LogP contribution >= 0.6 is 24.0 Å². The number of amides is 1. The first-order chi connectivity index (χ1) is 13.5. The summed E-state index contributed by atoms with van der Waals surface area (Å²) in [4.78, 5) is 31.0. The van der Waals surface area contributed by atoms with Gasteiger partial charge >= 0.3 is 5.97 Å². The molecule has 0 spiro atoms. The van der Waals surface area contributed by atoms with Crippen molar-refractivity contribution in [1.82, 2.24) is 15.5 Å². The molecule has 1 fully saturated rings. The van der Waals surface area contributed by atoms with Crippen molar-refractivity contribution in [2.24, 2.45) is 10.9 Å². The zero-order valence-electron chi connectivity index (χ0n) is 17.6. The van der Waals surface area contributed by atoms with Gasteiger partial charge in [-0.25, -0.2) is 0 Å². The van der Waals surface area contributed by atoms with E-state index in [9.17, 15) is 9.59 Å². The average Bonchev–Trinajstić information content (AvgIpc) is 2.70. The van der Waals surface area contributed by atoms with Crippen LogP contribution in [0, 0.1) is 12.8 Å². The number of nitrogens with zero attached hydrogens (tertiary/aromatic N) is 2. The molecule has 1 aromatic carbocycles. The van der Waals surface area contributed by atoms with Crippen LogP contribution in [0.2, 0.25) is 0 Å². The molecule has 0 bridgehead atoms. The van der Waals surface area contributed by atoms with Crippen LogP contribution in [0.5, 0.6) is 0 Å². The first-order valence-corrected chi connectivity index (χ1v) is 10.1. The highest BCUT2D eigenvalue weighted by Gasteiger charge is 2.28. The van der Waals surface area contributed by atoms with E-state index < -0.39 is 0 Å². The third kappa shape index (κ3) is 8.20. The molecule has 0 aromatic heterocycles. The number of rotatable bonds is 7. The fourth-order valence-corrected chi connectivity index (χ4v) is 3.27. The fraction of sp³-hybridized carbons (Fsp3) is 0.571. The van der Waals surface area contributed by atoms with Gasteiger partial charge < -0.3 is 20.3 Å². The Hall–Kier alpha value is -1.84. The quantitative estimate of drug-likeness (QED) is 0.192. The van der Waals surface area contributed by atoms with Gasteiger partial charge in [-0.15, -0.1) is 24.0 Å². The number of guanidine groups is 1. The van der Waals surface area contributed by atoms with Crippen LogP contribution in [-0.4, -0.2) is 62.1 Å². The number of nitrogens with one attached hydrogen (secondary N) is 2. The lowest BCUT2D eigenvalue weighted by atomic mass is 9.98. The minimum Gasteiger partial charge on any atom is -0.466 e. The molecule has 8 heteroatoms. The van der Waals surface area contributed by atoms with Crippen molar-refractivity contribution in [3.63, 3.8) is 0 Å². The summed E-state index contributed by atoms with van der Waals surface area (Å²) < 4.78 is 5.17. The van der Waals surface area contributed by atoms with E-state index in [1.165, 1.54) is 0 Å². The molecule has 1 atom stereocenters. The van der Waals surface area contributed by atoms with Crippen LogP contribution in [0.15, 0.2) is 29.3 Å². The second kappa shape index (κ2) is 13.4.